The standard InChI is InChI=1S/C17H22N4O5/c1-2-4-15(22)20-9-7-12(8-10-20)16(23)18-19-17(24)13-5-3-6-14(11-13)21(25)26/h3,5-6,11-12H,2,4,7-10H2,1H3,(H,18,23)(H,19,24). The van der Waals surface area contributed by atoms with Gasteiger partial charge in [-0.1, -0.05) is 13.0 Å². The lowest BCUT2D eigenvalue weighted by Crippen LogP contribution is -2.48. The average molecular weight is 362 g/mol. The quantitative estimate of drug-likeness (QED) is 0.605. The van der Waals surface area contributed by atoms with Gasteiger partial charge < -0.3 is 4.90 Å². The van der Waals surface area contributed by atoms with Gasteiger partial charge in [0.05, 0.1) is 4.92 Å². The average Bonchev–Trinajstić information content (AvgIpc) is 2.66. The minimum atomic E-state index is -0.627. The van der Waals surface area contributed by atoms with Gasteiger partial charge >= 0.3 is 0 Å². The molecule has 3 amide bonds. The zero-order valence-corrected chi connectivity index (χ0v) is 14.6. The second-order valence-corrected chi connectivity index (χ2v) is 6.16. The van der Waals surface area contributed by atoms with E-state index >= 15 is 0 Å². The number of hydrogen-bond donors (Lipinski definition) is 2. The molecular formula is C17H22N4O5. The lowest BCUT2D eigenvalue weighted by molar-refractivity contribution is -0.384. The van der Waals surface area contributed by atoms with Gasteiger partial charge in [-0.25, -0.2) is 0 Å². The van der Waals surface area contributed by atoms with Crippen LogP contribution in [0.5, 0.6) is 0 Å². The van der Waals surface area contributed by atoms with Gasteiger partial charge in [0.2, 0.25) is 11.8 Å². The van der Waals surface area contributed by atoms with E-state index in [1.54, 1.807) is 4.90 Å². The molecular weight excluding hydrogens is 340 g/mol. The third kappa shape index (κ3) is 5.01. The molecule has 1 heterocycles. The van der Waals surface area contributed by atoms with E-state index in [4.69, 9.17) is 0 Å². The van der Waals surface area contributed by atoms with Crippen LogP contribution >= 0.6 is 0 Å². The molecule has 2 rings (SSSR count). The van der Waals surface area contributed by atoms with Gasteiger partial charge in [-0.15, -0.1) is 0 Å². The Morgan fingerprint density at radius 3 is 2.54 bits per heavy atom. The number of piperidine rings is 1. The van der Waals surface area contributed by atoms with E-state index in [0.29, 0.717) is 32.4 Å². The van der Waals surface area contributed by atoms with Gasteiger partial charge in [-0.2, -0.15) is 0 Å². The molecule has 0 aliphatic carbocycles. The summed E-state index contributed by atoms with van der Waals surface area (Å²) in [5, 5.41) is 10.7. The summed E-state index contributed by atoms with van der Waals surface area (Å²) < 4.78 is 0. The Labute approximate surface area is 150 Å². The van der Waals surface area contributed by atoms with Gasteiger partial charge in [0.15, 0.2) is 0 Å². The van der Waals surface area contributed by atoms with Crippen LogP contribution in [0.3, 0.4) is 0 Å². The fraction of sp³-hybridized carbons (Fsp3) is 0.471. The van der Waals surface area contributed by atoms with Crippen LogP contribution in [0.1, 0.15) is 43.0 Å². The summed E-state index contributed by atoms with van der Waals surface area (Å²) in [5.41, 5.74) is 4.51. The maximum Gasteiger partial charge on any atom is 0.270 e. The largest absolute Gasteiger partial charge is 0.343 e. The fourth-order valence-electron chi connectivity index (χ4n) is 2.82. The van der Waals surface area contributed by atoms with Gasteiger partial charge in [0.25, 0.3) is 11.6 Å². The second kappa shape index (κ2) is 8.93. The van der Waals surface area contributed by atoms with Crippen molar-refractivity contribution in [1.82, 2.24) is 15.8 Å². The normalized spacial score (nSPS) is 14.6. The molecule has 140 valence electrons. The minimum absolute atomic E-state index is 0.0829. The molecule has 2 N–H and O–H groups in total. The topological polar surface area (TPSA) is 122 Å². The molecule has 1 aliphatic heterocycles. The Hall–Kier alpha value is -2.97. The number of rotatable bonds is 5. The second-order valence-electron chi connectivity index (χ2n) is 6.16. The number of benzene rings is 1. The number of nitrogens with one attached hydrogen (secondary N) is 2. The summed E-state index contributed by atoms with van der Waals surface area (Å²) in [7, 11) is 0. The molecule has 0 aromatic heterocycles. The number of carbonyl (C=O) groups excluding carboxylic acids is 3. The van der Waals surface area contributed by atoms with E-state index in [2.05, 4.69) is 10.9 Å². The molecule has 1 aromatic rings. The third-order valence-electron chi connectivity index (χ3n) is 4.30. The van der Waals surface area contributed by atoms with Crippen LogP contribution in [0, 0.1) is 16.0 Å². The SMILES string of the molecule is CCCC(=O)N1CCC(C(=O)NNC(=O)c2cccc([N+](=O)[O-])c2)CC1. The number of carbonyl (C=O) groups is 3. The first kappa shape index (κ1) is 19.4. The van der Waals surface area contributed by atoms with Crippen molar-refractivity contribution < 1.29 is 19.3 Å². The first-order valence-electron chi connectivity index (χ1n) is 8.54. The van der Waals surface area contributed by atoms with E-state index in [1.165, 1.54) is 18.2 Å². The number of hydrazine groups is 1. The van der Waals surface area contributed by atoms with E-state index in [9.17, 15) is 24.5 Å². The molecule has 9 nitrogen and oxygen atoms in total. The van der Waals surface area contributed by atoms with Crippen molar-refractivity contribution in [3.05, 3.63) is 39.9 Å². The summed E-state index contributed by atoms with van der Waals surface area (Å²) in [4.78, 5) is 47.9. The van der Waals surface area contributed by atoms with Crippen molar-refractivity contribution in [3.63, 3.8) is 0 Å². The molecule has 1 aromatic carbocycles. The van der Waals surface area contributed by atoms with Gasteiger partial charge in [0, 0.05) is 43.1 Å². The van der Waals surface area contributed by atoms with Crippen molar-refractivity contribution in [2.75, 3.05) is 13.1 Å². The van der Waals surface area contributed by atoms with Gasteiger partial charge in [0.1, 0.15) is 0 Å². The number of non-ortho nitro benzene ring substituents is 1. The first-order valence-corrected chi connectivity index (χ1v) is 8.54. The number of hydrogen-bond acceptors (Lipinski definition) is 5. The Kier molecular flexibility index (Phi) is 6.65. The number of nitrogens with zero attached hydrogens (tertiary/aromatic N) is 2. The van der Waals surface area contributed by atoms with Crippen molar-refractivity contribution in [2.24, 2.45) is 5.92 Å². The van der Waals surface area contributed by atoms with Gasteiger partial charge in [-0.05, 0) is 25.3 Å². The molecule has 0 saturated carbocycles. The predicted molar refractivity (Wildman–Crippen MR) is 92.9 cm³/mol. The molecule has 0 radical (unpaired) electrons. The van der Waals surface area contributed by atoms with Crippen LogP contribution in [0.4, 0.5) is 5.69 Å². The summed E-state index contributed by atoms with van der Waals surface area (Å²) in [6.45, 7) is 2.99. The maximum absolute atomic E-state index is 12.2. The zero-order valence-electron chi connectivity index (χ0n) is 14.6. The smallest absolute Gasteiger partial charge is 0.270 e. The maximum atomic E-state index is 12.2. The Bertz CT molecular complexity index is 698. The summed E-state index contributed by atoms with van der Waals surface area (Å²) in [6.07, 6.45) is 2.38. The van der Waals surface area contributed by atoms with Crippen LogP contribution in [0.15, 0.2) is 24.3 Å². The highest BCUT2D eigenvalue weighted by Gasteiger charge is 2.27. The van der Waals surface area contributed by atoms with Crippen LogP contribution < -0.4 is 10.9 Å². The zero-order chi connectivity index (χ0) is 19.1. The van der Waals surface area contributed by atoms with E-state index in [1.807, 2.05) is 6.92 Å². The van der Waals surface area contributed by atoms with E-state index in [0.717, 1.165) is 12.5 Å². The Balaban J connectivity index is 1.82. The molecule has 1 aliphatic rings. The molecule has 1 fully saturated rings. The van der Waals surface area contributed by atoms with Crippen molar-refractivity contribution >= 4 is 23.4 Å². The van der Waals surface area contributed by atoms with Crippen molar-refractivity contribution in [3.8, 4) is 0 Å². The van der Waals surface area contributed by atoms with Crippen LogP contribution in [0.2, 0.25) is 0 Å². The molecule has 0 atom stereocenters. The highest BCUT2D eigenvalue weighted by Crippen LogP contribution is 2.18. The van der Waals surface area contributed by atoms with E-state index < -0.39 is 10.8 Å². The minimum Gasteiger partial charge on any atom is -0.343 e. The third-order valence-corrected chi connectivity index (χ3v) is 4.30. The molecule has 9 heteroatoms. The van der Waals surface area contributed by atoms with Crippen LogP contribution in [-0.4, -0.2) is 40.6 Å². The number of amides is 3. The molecule has 1 saturated heterocycles. The van der Waals surface area contributed by atoms with E-state index in [-0.39, 0.29) is 29.0 Å². The Morgan fingerprint density at radius 2 is 1.92 bits per heavy atom. The molecule has 26 heavy (non-hydrogen) atoms. The highest BCUT2D eigenvalue weighted by atomic mass is 16.6. The van der Waals surface area contributed by atoms with Gasteiger partial charge in [-0.3, -0.25) is 35.3 Å². The van der Waals surface area contributed by atoms with Crippen molar-refractivity contribution in [2.45, 2.75) is 32.6 Å². The number of nitro groups is 1. The molecule has 0 bridgehead atoms. The monoisotopic (exact) mass is 362 g/mol. The first-order chi connectivity index (χ1) is 12.4. The Morgan fingerprint density at radius 1 is 1.23 bits per heavy atom. The predicted octanol–water partition coefficient (Wildman–Crippen LogP) is 1.39. The van der Waals surface area contributed by atoms with Crippen molar-refractivity contribution in [1.29, 1.82) is 0 Å². The number of nitro benzene ring substituents is 1. The lowest BCUT2D eigenvalue weighted by Gasteiger charge is -2.31. The fourth-order valence-corrected chi connectivity index (χ4v) is 2.82. The number of likely N-dealkylation sites (tertiary alicyclic amines) is 1. The summed E-state index contributed by atoms with van der Waals surface area (Å²) in [5.74, 6) is -1.14. The molecule has 0 spiro atoms. The lowest BCUT2D eigenvalue weighted by atomic mass is 9.96. The summed E-state index contributed by atoms with van der Waals surface area (Å²) >= 11 is 0. The van der Waals surface area contributed by atoms with Crippen LogP contribution in [0.25, 0.3) is 0 Å². The summed E-state index contributed by atoms with van der Waals surface area (Å²) in [6, 6.07) is 5.24. The molecule has 0 unspecified atom stereocenters. The highest BCUT2D eigenvalue weighted by molar-refractivity contribution is 5.96. The van der Waals surface area contributed by atoms with Crippen LogP contribution in [-0.2, 0) is 9.59 Å².